The Bertz CT molecular complexity index is 555. The maximum absolute atomic E-state index is 11.6. The standard InChI is InChI=1S/C13H11BrN2O2/c14-9-4-6-12(7-5-9)18-13(17)16-11-3-1-2-10(15)8-11/h1-8H,15H2,(H,16,17). The summed E-state index contributed by atoms with van der Waals surface area (Å²) in [5, 5.41) is 2.59. The quantitative estimate of drug-likeness (QED) is 0.833. The number of nitrogens with two attached hydrogens (primary N) is 1. The van der Waals surface area contributed by atoms with Crippen LogP contribution in [0.5, 0.6) is 5.75 Å². The number of anilines is 2. The predicted octanol–water partition coefficient (Wildman–Crippen LogP) is 3.64. The number of amides is 1. The van der Waals surface area contributed by atoms with Crippen molar-refractivity contribution in [3.8, 4) is 5.75 Å². The summed E-state index contributed by atoms with van der Waals surface area (Å²) in [4.78, 5) is 11.6. The number of hydrogen-bond donors (Lipinski definition) is 2. The molecule has 0 radical (unpaired) electrons. The van der Waals surface area contributed by atoms with Crippen LogP contribution in [-0.2, 0) is 0 Å². The molecule has 0 bridgehead atoms. The van der Waals surface area contributed by atoms with E-state index in [1.165, 1.54) is 0 Å². The zero-order valence-corrected chi connectivity index (χ0v) is 11.0. The van der Waals surface area contributed by atoms with Gasteiger partial charge in [-0.2, -0.15) is 0 Å². The van der Waals surface area contributed by atoms with Gasteiger partial charge in [0.25, 0.3) is 0 Å². The Kier molecular flexibility index (Phi) is 3.84. The third-order valence-electron chi connectivity index (χ3n) is 2.16. The number of hydrogen-bond acceptors (Lipinski definition) is 3. The fourth-order valence-corrected chi connectivity index (χ4v) is 1.63. The molecule has 4 nitrogen and oxygen atoms in total. The van der Waals surface area contributed by atoms with E-state index in [1.54, 1.807) is 48.5 Å². The normalized spacial score (nSPS) is 9.83. The molecular weight excluding hydrogens is 296 g/mol. The zero-order valence-electron chi connectivity index (χ0n) is 9.39. The number of ether oxygens (including phenoxy) is 1. The van der Waals surface area contributed by atoms with E-state index in [1.807, 2.05) is 0 Å². The number of halogens is 1. The number of rotatable bonds is 2. The van der Waals surface area contributed by atoms with Gasteiger partial charge in [-0.1, -0.05) is 22.0 Å². The number of nitrogens with one attached hydrogen (secondary N) is 1. The molecule has 0 unspecified atom stereocenters. The molecule has 0 aliphatic rings. The summed E-state index contributed by atoms with van der Waals surface area (Å²) in [6.07, 6.45) is -0.553. The van der Waals surface area contributed by atoms with Gasteiger partial charge < -0.3 is 10.5 Å². The molecule has 0 aliphatic carbocycles. The second kappa shape index (κ2) is 5.55. The van der Waals surface area contributed by atoms with E-state index in [0.29, 0.717) is 17.1 Å². The maximum atomic E-state index is 11.6. The third kappa shape index (κ3) is 3.49. The van der Waals surface area contributed by atoms with E-state index < -0.39 is 6.09 Å². The van der Waals surface area contributed by atoms with Crippen LogP contribution >= 0.6 is 15.9 Å². The van der Waals surface area contributed by atoms with Gasteiger partial charge in [0.2, 0.25) is 0 Å². The second-order valence-electron chi connectivity index (χ2n) is 3.59. The number of carbonyl (C=O) groups excluding carboxylic acids is 1. The van der Waals surface area contributed by atoms with Crippen molar-refractivity contribution in [3.63, 3.8) is 0 Å². The topological polar surface area (TPSA) is 64.3 Å². The summed E-state index contributed by atoms with van der Waals surface area (Å²) in [6.45, 7) is 0. The van der Waals surface area contributed by atoms with Crippen molar-refractivity contribution in [2.24, 2.45) is 0 Å². The monoisotopic (exact) mass is 306 g/mol. The minimum Gasteiger partial charge on any atom is -0.410 e. The van der Waals surface area contributed by atoms with Crippen LogP contribution in [0.3, 0.4) is 0 Å². The van der Waals surface area contributed by atoms with E-state index in [0.717, 1.165) is 4.47 Å². The van der Waals surface area contributed by atoms with E-state index in [9.17, 15) is 4.79 Å². The van der Waals surface area contributed by atoms with Crippen molar-refractivity contribution in [1.82, 2.24) is 0 Å². The number of nitrogen functional groups attached to an aromatic ring is 1. The highest BCUT2D eigenvalue weighted by Gasteiger charge is 2.04. The lowest BCUT2D eigenvalue weighted by Crippen LogP contribution is -2.16. The first-order valence-electron chi connectivity index (χ1n) is 5.23. The molecule has 0 atom stereocenters. The molecular formula is C13H11BrN2O2. The van der Waals surface area contributed by atoms with Gasteiger partial charge in [-0.3, -0.25) is 5.32 Å². The van der Waals surface area contributed by atoms with Crippen LogP contribution in [-0.4, -0.2) is 6.09 Å². The molecule has 92 valence electrons. The first-order chi connectivity index (χ1) is 8.63. The molecule has 0 saturated heterocycles. The van der Waals surface area contributed by atoms with E-state index in [-0.39, 0.29) is 0 Å². The van der Waals surface area contributed by atoms with Crippen LogP contribution in [0, 0.1) is 0 Å². The first-order valence-corrected chi connectivity index (χ1v) is 6.03. The van der Waals surface area contributed by atoms with Crippen molar-refractivity contribution < 1.29 is 9.53 Å². The van der Waals surface area contributed by atoms with Crippen molar-refractivity contribution in [2.75, 3.05) is 11.1 Å². The van der Waals surface area contributed by atoms with E-state index in [4.69, 9.17) is 10.5 Å². The Labute approximate surface area is 113 Å². The summed E-state index contributed by atoms with van der Waals surface area (Å²) in [5.74, 6) is 0.472. The fourth-order valence-electron chi connectivity index (χ4n) is 1.37. The van der Waals surface area contributed by atoms with Gasteiger partial charge in [0, 0.05) is 15.8 Å². The van der Waals surface area contributed by atoms with Crippen LogP contribution in [0.1, 0.15) is 0 Å². The molecule has 0 saturated carbocycles. The lowest BCUT2D eigenvalue weighted by molar-refractivity contribution is 0.215. The predicted molar refractivity (Wildman–Crippen MR) is 74.6 cm³/mol. The van der Waals surface area contributed by atoms with Gasteiger partial charge in [0.15, 0.2) is 0 Å². The molecule has 1 amide bonds. The minimum absolute atomic E-state index is 0.472. The minimum atomic E-state index is -0.553. The van der Waals surface area contributed by atoms with Gasteiger partial charge in [-0.15, -0.1) is 0 Å². The first kappa shape index (κ1) is 12.4. The van der Waals surface area contributed by atoms with Crippen LogP contribution in [0.25, 0.3) is 0 Å². The van der Waals surface area contributed by atoms with Crippen LogP contribution < -0.4 is 15.8 Å². The van der Waals surface area contributed by atoms with Gasteiger partial charge in [0.05, 0.1) is 0 Å². The molecule has 0 aromatic heterocycles. The van der Waals surface area contributed by atoms with E-state index in [2.05, 4.69) is 21.2 Å². The summed E-state index contributed by atoms with van der Waals surface area (Å²) in [7, 11) is 0. The van der Waals surface area contributed by atoms with Crippen molar-refractivity contribution in [1.29, 1.82) is 0 Å². The Hall–Kier alpha value is -2.01. The zero-order chi connectivity index (χ0) is 13.0. The van der Waals surface area contributed by atoms with Crippen molar-refractivity contribution >= 4 is 33.4 Å². The molecule has 2 rings (SSSR count). The lowest BCUT2D eigenvalue weighted by atomic mass is 10.3. The Morgan fingerprint density at radius 2 is 1.89 bits per heavy atom. The van der Waals surface area contributed by atoms with Crippen LogP contribution in [0.2, 0.25) is 0 Å². The molecule has 5 heteroatoms. The average molecular weight is 307 g/mol. The van der Waals surface area contributed by atoms with Crippen molar-refractivity contribution in [2.45, 2.75) is 0 Å². The smallest absolute Gasteiger partial charge is 0.410 e. The van der Waals surface area contributed by atoms with Gasteiger partial charge >= 0.3 is 6.09 Å². The summed E-state index contributed by atoms with van der Waals surface area (Å²) in [6, 6.07) is 13.9. The molecule has 2 aromatic rings. The average Bonchev–Trinajstić information content (AvgIpc) is 2.32. The fraction of sp³-hybridized carbons (Fsp3) is 0. The maximum Gasteiger partial charge on any atom is 0.417 e. The highest BCUT2D eigenvalue weighted by Crippen LogP contribution is 2.17. The summed E-state index contributed by atoms with van der Waals surface area (Å²) >= 11 is 3.30. The summed E-state index contributed by atoms with van der Waals surface area (Å²) < 4.78 is 6.02. The Morgan fingerprint density at radius 1 is 1.17 bits per heavy atom. The van der Waals surface area contributed by atoms with Gasteiger partial charge in [0.1, 0.15) is 5.75 Å². The van der Waals surface area contributed by atoms with Crippen molar-refractivity contribution in [3.05, 3.63) is 53.0 Å². The molecule has 0 spiro atoms. The highest BCUT2D eigenvalue weighted by molar-refractivity contribution is 9.10. The molecule has 0 aliphatic heterocycles. The van der Waals surface area contributed by atoms with Crippen LogP contribution in [0.4, 0.5) is 16.2 Å². The number of carbonyl (C=O) groups is 1. The molecule has 3 N–H and O–H groups in total. The van der Waals surface area contributed by atoms with Gasteiger partial charge in [-0.05, 0) is 42.5 Å². The molecule has 2 aromatic carbocycles. The van der Waals surface area contributed by atoms with Gasteiger partial charge in [-0.25, -0.2) is 4.79 Å². The largest absolute Gasteiger partial charge is 0.417 e. The SMILES string of the molecule is Nc1cccc(NC(=O)Oc2ccc(Br)cc2)c1. The van der Waals surface area contributed by atoms with Crippen LogP contribution in [0.15, 0.2) is 53.0 Å². The Balaban J connectivity index is 1.98. The third-order valence-corrected chi connectivity index (χ3v) is 2.69. The highest BCUT2D eigenvalue weighted by atomic mass is 79.9. The lowest BCUT2D eigenvalue weighted by Gasteiger charge is -2.07. The molecule has 0 heterocycles. The van der Waals surface area contributed by atoms with E-state index >= 15 is 0 Å². The molecule has 0 fully saturated rings. The second-order valence-corrected chi connectivity index (χ2v) is 4.51. The summed E-state index contributed by atoms with van der Waals surface area (Å²) in [5.41, 5.74) is 6.78. The number of benzene rings is 2. The Morgan fingerprint density at radius 3 is 2.56 bits per heavy atom. The molecule has 18 heavy (non-hydrogen) atoms.